The van der Waals surface area contributed by atoms with E-state index in [2.05, 4.69) is 79.8 Å². The first-order valence-electron chi connectivity index (χ1n) is 35.7. The molecule has 44 heteroatoms. The molecular weight excluding hydrogens is 1460 g/mol. The number of hydrogen-bond acceptors (Lipinski definition) is 24. The van der Waals surface area contributed by atoms with Gasteiger partial charge in [0.2, 0.25) is 106 Å². The number of aliphatic hydroxyl groups is 2. The van der Waals surface area contributed by atoms with E-state index in [0.29, 0.717) is 6.42 Å². The summed E-state index contributed by atoms with van der Waals surface area (Å²) in [5.74, 6) is -23.5. The zero-order chi connectivity index (χ0) is 84.6. The average molecular weight is 1570 g/mol. The van der Waals surface area contributed by atoms with E-state index < -0.39 is 286 Å². The standard InChI is InChI=1S/C66H114N20O24/c1-12-32(8)52(54(71)98)85-62(106)40(23-29(2)3)77-46(92)26-74-64(108)53(35(11)88)86-63(107)42(28-87)82-65(109)51(31(6)7)84-66(110)50(30(4)5)83-47(93)27-72-56(100)34(10)75-58(102)36(15-13-14-22-67)78-60(104)38(17-20-48(94)95)80-61(105)39(18-21-49(96)97)79-59(103)37(16-19-43(69)89)76-45(91)25-73-57(101)41(24-44(70)90)81-55(99)33(9)68/h29-42,50-53,87-88H,12-28,67-68H2,1-11H3,(H2,69,89)(H2,70,90)(H2,71,98)(H,72,100)(H,73,101)(H,74,108)(H,75,102)(H,76,91)(H,77,92)(H,78,104)(H,79,103)(H,80,105)(H,81,99)(H,82,109)(H,83,93)(H,84,110)(H,85,106)(H,86,107)(H,94,95)(H,96,97)/t32-,33+,34-,35+,36-,37-,38-,39-,40-,41-,42-,50-,51-,52-,53-/m0/s1. The van der Waals surface area contributed by atoms with Crippen LogP contribution in [-0.2, 0) is 95.9 Å². The van der Waals surface area contributed by atoms with Crippen LogP contribution in [0.5, 0.6) is 0 Å². The number of carbonyl (C=O) groups excluding carboxylic acids is 18. The molecule has 29 N–H and O–H groups in total. The summed E-state index contributed by atoms with van der Waals surface area (Å²) in [5.41, 5.74) is 27.2. The Kier molecular flexibility index (Phi) is 45.8. The fourth-order valence-electron chi connectivity index (χ4n) is 10.0. The number of carboxylic acid groups (broad SMARTS) is 2. The third-order valence-electron chi connectivity index (χ3n) is 16.5. The van der Waals surface area contributed by atoms with Crippen molar-refractivity contribution in [2.45, 2.75) is 238 Å². The maximum atomic E-state index is 14.1. The first kappa shape index (κ1) is 99.2. The molecule has 0 saturated heterocycles. The highest BCUT2D eigenvalue weighted by molar-refractivity contribution is 6.01. The molecular formula is C66H114N20O24. The number of aliphatic carboxylic acids is 2. The van der Waals surface area contributed by atoms with Crippen LogP contribution in [0.2, 0.25) is 0 Å². The minimum Gasteiger partial charge on any atom is -0.481 e. The predicted molar refractivity (Wildman–Crippen MR) is 387 cm³/mol. The van der Waals surface area contributed by atoms with Crippen LogP contribution in [0.4, 0.5) is 0 Å². The number of unbranched alkanes of at least 4 members (excludes halogenated alkanes) is 1. The summed E-state index contributed by atoms with van der Waals surface area (Å²) in [7, 11) is 0. The van der Waals surface area contributed by atoms with Crippen molar-refractivity contribution >= 4 is 118 Å². The third kappa shape index (κ3) is 38.9. The second-order valence-electron chi connectivity index (χ2n) is 27.4. The van der Waals surface area contributed by atoms with Gasteiger partial charge in [0.05, 0.1) is 44.8 Å². The Bertz CT molecular complexity index is 3230. The van der Waals surface area contributed by atoms with Crippen molar-refractivity contribution in [3.8, 4) is 0 Å². The molecule has 0 saturated carbocycles. The first-order valence-corrected chi connectivity index (χ1v) is 35.7. The van der Waals surface area contributed by atoms with Gasteiger partial charge in [0.1, 0.15) is 72.5 Å². The van der Waals surface area contributed by atoms with Gasteiger partial charge in [-0.3, -0.25) is 95.9 Å². The van der Waals surface area contributed by atoms with Crippen molar-refractivity contribution in [2.24, 2.45) is 52.3 Å². The van der Waals surface area contributed by atoms with Gasteiger partial charge in [0.25, 0.3) is 0 Å². The number of rotatable bonds is 54. The van der Waals surface area contributed by atoms with E-state index in [1.807, 2.05) is 0 Å². The van der Waals surface area contributed by atoms with Gasteiger partial charge in [0.15, 0.2) is 0 Å². The SMILES string of the molecule is CC[C@H](C)[C@H](NC(=O)[C@H](CC(C)C)NC(=O)CNC(=O)[C@@H](NC(=O)[C@H](CO)NC(=O)[C@@H](NC(=O)[C@@H](NC(=O)CNC(=O)[C@H](C)NC(=O)[C@H](CCCCN)NC(=O)[C@H](CCC(=O)O)NC(=O)[C@H](CCC(=O)O)NC(=O)[C@H](CCC(N)=O)NC(=O)CNC(=O)[C@H](CC(N)=O)NC(=O)[C@@H](C)N)C(C)C)C(C)C)[C@@H](C)O)C(N)=O. The smallest absolute Gasteiger partial charge is 0.303 e. The number of carboxylic acids is 2. The summed E-state index contributed by atoms with van der Waals surface area (Å²) in [6, 6.07) is -20.1. The lowest BCUT2D eigenvalue weighted by molar-refractivity contribution is -0.140. The molecule has 0 heterocycles. The zero-order valence-electron chi connectivity index (χ0n) is 63.8. The van der Waals surface area contributed by atoms with Gasteiger partial charge < -0.3 is 129 Å². The number of aliphatic hydroxyl groups excluding tert-OH is 2. The van der Waals surface area contributed by atoms with Crippen molar-refractivity contribution in [1.29, 1.82) is 0 Å². The average Bonchev–Trinajstić information content (AvgIpc) is 0.849. The zero-order valence-corrected chi connectivity index (χ0v) is 63.8. The lowest BCUT2D eigenvalue weighted by Crippen LogP contribution is -2.62. The van der Waals surface area contributed by atoms with Crippen molar-refractivity contribution < 1.29 is 116 Å². The van der Waals surface area contributed by atoms with Gasteiger partial charge in [-0.2, -0.15) is 0 Å². The van der Waals surface area contributed by atoms with Crippen LogP contribution in [-0.4, -0.2) is 256 Å². The van der Waals surface area contributed by atoms with E-state index in [9.17, 15) is 116 Å². The van der Waals surface area contributed by atoms with Crippen LogP contribution in [0.1, 0.15) is 153 Å². The summed E-state index contributed by atoms with van der Waals surface area (Å²) in [4.78, 5) is 261. The highest BCUT2D eigenvalue weighted by Gasteiger charge is 2.38. The highest BCUT2D eigenvalue weighted by atomic mass is 16.4. The Balaban J connectivity index is 6.36. The summed E-state index contributed by atoms with van der Waals surface area (Å²) >= 11 is 0. The maximum Gasteiger partial charge on any atom is 0.303 e. The van der Waals surface area contributed by atoms with Crippen LogP contribution >= 0.6 is 0 Å². The maximum absolute atomic E-state index is 14.1. The molecule has 0 fully saturated rings. The highest BCUT2D eigenvalue weighted by Crippen LogP contribution is 2.14. The molecule has 0 rings (SSSR count). The van der Waals surface area contributed by atoms with Gasteiger partial charge in [0, 0.05) is 19.3 Å². The summed E-state index contributed by atoms with van der Waals surface area (Å²) in [6.07, 6.45) is -5.73. The van der Waals surface area contributed by atoms with Crippen molar-refractivity contribution in [1.82, 2.24) is 79.8 Å². The van der Waals surface area contributed by atoms with Gasteiger partial charge in [-0.1, -0.05) is 61.8 Å². The number of carbonyl (C=O) groups is 20. The van der Waals surface area contributed by atoms with Gasteiger partial charge in [-0.05, 0) is 95.9 Å². The molecule has 0 bridgehead atoms. The Morgan fingerprint density at radius 3 is 1.18 bits per heavy atom. The number of nitrogens with one attached hydrogen (secondary N) is 15. The van der Waals surface area contributed by atoms with Crippen LogP contribution in [0.25, 0.3) is 0 Å². The van der Waals surface area contributed by atoms with Crippen LogP contribution in [0.3, 0.4) is 0 Å². The minimum absolute atomic E-state index is 0.0975. The largest absolute Gasteiger partial charge is 0.481 e. The van der Waals surface area contributed by atoms with Crippen molar-refractivity contribution in [3.63, 3.8) is 0 Å². The normalized spacial score (nSPS) is 15.2. The van der Waals surface area contributed by atoms with Crippen molar-refractivity contribution in [2.75, 3.05) is 32.8 Å². The van der Waals surface area contributed by atoms with E-state index in [4.69, 9.17) is 28.7 Å². The molecule has 18 amide bonds. The molecule has 0 aliphatic carbocycles. The second-order valence-corrected chi connectivity index (χ2v) is 27.4. The van der Waals surface area contributed by atoms with E-state index in [0.717, 1.165) is 6.92 Å². The Hall–Kier alpha value is -10.8. The number of hydrogen-bond donors (Lipinski definition) is 24. The van der Waals surface area contributed by atoms with E-state index in [1.54, 1.807) is 27.7 Å². The summed E-state index contributed by atoms with van der Waals surface area (Å²) in [6.45, 7) is 13.1. The quantitative estimate of drug-likeness (QED) is 0.0252. The number of nitrogens with two attached hydrogens (primary N) is 5. The first-order chi connectivity index (χ1) is 51.2. The molecule has 0 aliphatic heterocycles. The number of primary amides is 3. The molecule has 0 spiro atoms. The van der Waals surface area contributed by atoms with Gasteiger partial charge in [-0.25, -0.2) is 0 Å². The summed E-state index contributed by atoms with van der Waals surface area (Å²) in [5, 5.41) is 74.6. The molecule has 110 heavy (non-hydrogen) atoms. The Morgan fingerprint density at radius 1 is 0.373 bits per heavy atom. The molecule has 0 radical (unpaired) electrons. The van der Waals surface area contributed by atoms with E-state index >= 15 is 0 Å². The molecule has 15 atom stereocenters. The summed E-state index contributed by atoms with van der Waals surface area (Å²) < 4.78 is 0. The molecule has 0 unspecified atom stereocenters. The predicted octanol–water partition coefficient (Wildman–Crippen LogP) is -10.2. The molecule has 622 valence electrons. The fraction of sp³-hybridized carbons (Fsp3) is 0.697. The molecule has 44 nitrogen and oxygen atoms in total. The van der Waals surface area contributed by atoms with Crippen LogP contribution in [0, 0.1) is 23.7 Å². The van der Waals surface area contributed by atoms with Crippen LogP contribution < -0.4 is 108 Å². The van der Waals surface area contributed by atoms with Crippen LogP contribution in [0.15, 0.2) is 0 Å². The molecule has 0 aromatic carbocycles. The van der Waals surface area contributed by atoms with E-state index in [-0.39, 0.29) is 44.1 Å². The lowest BCUT2D eigenvalue weighted by Gasteiger charge is -2.29. The monoisotopic (exact) mass is 1570 g/mol. The molecule has 0 aromatic rings. The minimum atomic E-state index is -1.90. The molecule has 0 aliphatic rings. The fourth-order valence-corrected chi connectivity index (χ4v) is 10.0. The number of amides is 18. The van der Waals surface area contributed by atoms with Crippen molar-refractivity contribution in [3.05, 3.63) is 0 Å². The molecule has 0 aromatic heterocycles. The topological polar surface area (TPSA) is 733 Å². The van der Waals surface area contributed by atoms with Gasteiger partial charge in [-0.15, -0.1) is 0 Å². The Labute approximate surface area is 635 Å². The van der Waals surface area contributed by atoms with E-state index in [1.165, 1.54) is 41.5 Å². The lowest BCUT2D eigenvalue weighted by atomic mass is 9.97. The second kappa shape index (κ2) is 50.8. The van der Waals surface area contributed by atoms with Gasteiger partial charge >= 0.3 is 11.9 Å². The Morgan fingerprint density at radius 2 is 0.755 bits per heavy atom. The third-order valence-corrected chi connectivity index (χ3v) is 16.5.